The van der Waals surface area contributed by atoms with Crippen LogP contribution in [0.25, 0.3) is 22.3 Å². The summed E-state index contributed by atoms with van der Waals surface area (Å²) in [5.74, 6) is 2.19. The molecule has 5 rings (SSSR count). The zero-order valence-electron chi connectivity index (χ0n) is 15.6. The Bertz CT molecular complexity index is 1160. The molecule has 0 bridgehead atoms. The molecule has 5 nitrogen and oxygen atoms in total. The van der Waals surface area contributed by atoms with Crippen molar-refractivity contribution in [3.05, 3.63) is 72.1 Å². The molecular weight excluding hydrogens is 348 g/mol. The normalized spacial score (nSPS) is 12.8. The van der Waals surface area contributed by atoms with Crippen molar-refractivity contribution in [3.8, 4) is 17.1 Å². The zero-order valence-corrected chi connectivity index (χ0v) is 15.6. The van der Waals surface area contributed by atoms with E-state index < -0.39 is 0 Å². The van der Waals surface area contributed by atoms with Gasteiger partial charge in [-0.1, -0.05) is 6.07 Å². The molecule has 2 aromatic carbocycles. The van der Waals surface area contributed by atoms with Gasteiger partial charge in [0.15, 0.2) is 5.82 Å². The molecule has 2 aromatic heterocycles. The van der Waals surface area contributed by atoms with Gasteiger partial charge in [-0.2, -0.15) is 0 Å². The Morgan fingerprint density at radius 3 is 2.75 bits per heavy atom. The van der Waals surface area contributed by atoms with Crippen molar-refractivity contribution in [2.75, 3.05) is 12.4 Å². The standard InChI is InChI=1S/C23H20N4O/c1-28-19-9-10-21-20(13-19)23(27-22(26-21)17-6-3-11-24-14-17)25-18-8-7-15-4-2-5-16(15)12-18/h3,6-14H,2,4-5H2,1H3,(H,25,26,27). The molecule has 1 aliphatic carbocycles. The van der Waals surface area contributed by atoms with Gasteiger partial charge in [0.05, 0.1) is 12.6 Å². The van der Waals surface area contributed by atoms with Crippen molar-refractivity contribution in [3.63, 3.8) is 0 Å². The summed E-state index contributed by atoms with van der Waals surface area (Å²) in [6, 6.07) is 16.3. The second-order valence-electron chi connectivity index (χ2n) is 6.98. The fraction of sp³-hybridized carbons (Fsp3) is 0.174. The van der Waals surface area contributed by atoms with E-state index >= 15 is 0 Å². The molecule has 1 N–H and O–H groups in total. The number of nitrogens with one attached hydrogen (secondary N) is 1. The largest absolute Gasteiger partial charge is 0.497 e. The molecule has 0 unspecified atom stereocenters. The summed E-state index contributed by atoms with van der Waals surface area (Å²) >= 11 is 0. The summed E-state index contributed by atoms with van der Waals surface area (Å²) in [5.41, 5.74) is 5.67. The summed E-state index contributed by atoms with van der Waals surface area (Å²) in [7, 11) is 1.67. The Morgan fingerprint density at radius 2 is 1.89 bits per heavy atom. The monoisotopic (exact) mass is 368 g/mol. The average molecular weight is 368 g/mol. The van der Waals surface area contributed by atoms with Gasteiger partial charge in [-0.3, -0.25) is 4.98 Å². The molecule has 0 atom stereocenters. The van der Waals surface area contributed by atoms with Crippen LogP contribution in [0.4, 0.5) is 11.5 Å². The van der Waals surface area contributed by atoms with Crippen molar-refractivity contribution >= 4 is 22.4 Å². The number of aromatic nitrogens is 3. The van der Waals surface area contributed by atoms with E-state index in [1.807, 2.05) is 30.3 Å². The quantitative estimate of drug-likeness (QED) is 0.553. The Labute approximate surface area is 163 Å². The van der Waals surface area contributed by atoms with Gasteiger partial charge >= 0.3 is 0 Å². The molecule has 0 aliphatic heterocycles. The average Bonchev–Trinajstić information content (AvgIpc) is 3.22. The van der Waals surface area contributed by atoms with Gasteiger partial charge in [0, 0.05) is 29.0 Å². The first-order chi connectivity index (χ1) is 13.8. The highest BCUT2D eigenvalue weighted by Gasteiger charge is 2.14. The summed E-state index contributed by atoms with van der Waals surface area (Å²) in [6.07, 6.45) is 7.08. The first-order valence-corrected chi connectivity index (χ1v) is 9.45. The highest BCUT2D eigenvalue weighted by molar-refractivity contribution is 5.93. The number of ether oxygens (including phenoxy) is 1. The lowest BCUT2D eigenvalue weighted by Gasteiger charge is -2.13. The lowest BCUT2D eigenvalue weighted by atomic mass is 10.1. The molecule has 0 radical (unpaired) electrons. The lowest BCUT2D eigenvalue weighted by Crippen LogP contribution is -2.00. The van der Waals surface area contributed by atoms with E-state index in [9.17, 15) is 0 Å². The minimum atomic E-state index is 0.648. The maximum atomic E-state index is 5.41. The van der Waals surface area contributed by atoms with E-state index in [1.165, 1.54) is 24.0 Å². The van der Waals surface area contributed by atoms with Crippen LogP contribution in [0.2, 0.25) is 0 Å². The summed E-state index contributed by atoms with van der Waals surface area (Å²) in [5, 5.41) is 4.43. The van der Waals surface area contributed by atoms with E-state index in [4.69, 9.17) is 14.7 Å². The number of aryl methyl sites for hydroxylation is 2. The minimum Gasteiger partial charge on any atom is -0.497 e. The molecule has 138 valence electrons. The van der Waals surface area contributed by atoms with E-state index in [0.29, 0.717) is 5.82 Å². The van der Waals surface area contributed by atoms with Crippen molar-refractivity contribution in [2.24, 2.45) is 0 Å². The number of rotatable bonds is 4. The lowest BCUT2D eigenvalue weighted by molar-refractivity contribution is 0.415. The maximum absolute atomic E-state index is 5.41. The zero-order chi connectivity index (χ0) is 18.9. The SMILES string of the molecule is COc1ccc2nc(-c3cccnc3)nc(Nc3ccc4c(c3)CCC4)c2c1. The Morgan fingerprint density at radius 1 is 0.964 bits per heavy atom. The molecular formula is C23H20N4O. The first kappa shape index (κ1) is 16.7. The molecule has 2 heterocycles. The topological polar surface area (TPSA) is 59.9 Å². The predicted molar refractivity (Wildman–Crippen MR) is 111 cm³/mol. The number of nitrogens with zero attached hydrogens (tertiary/aromatic N) is 3. The molecule has 0 saturated carbocycles. The summed E-state index contributed by atoms with van der Waals surface area (Å²) in [6.45, 7) is 0. The van der Waals surface area contributed by atoms with E-state index in [-0.39, 0.29) is 0 Å². The van der Waals surface area contributed by atoms with E-state index in [2.05, 4.69) is 28.5 Å². The highest BCUT2D eigenvalue weighted by atomic mass is 16.5. The van der Waals surface area contributed by atoms with Crippen LogP contribution < -0.4 is 10.1 Å². The molecule has 0 spiro atoms. The molecule has 0 amide bonds. The Kier molecular flexibility index (Phi) is 4.13. The van der Waals surface area contributed by atoms with Crippen LogP contribution in [0.5, 0.6) is 5.75 Å². The van der Waals surface area contributed by atoms with Gasteiger partial charge in [0.1, 0.15) is 11.6 Å². The molecule has 4 aromatic rings. The summed E-state index contributed by atoms with van der Waals surface area (Å²) < 4.78 is 5.41. The number of hydrogen-bond donors (Lipinski definition) is 1. The van der Waals surface area contributed by atoms with E-state index in [0.717, 1.165) is 40.1 Å². The predicted octanol–water partition coefficient (Wildman–Crippen LogP) is 4.93. The number of methoxy groups -OCH3 is 1. The van der Waals surface area contributed by atoms with Crippen molar-refractivity contribution in [2.45, 2.75) is 19.3 Å². The van der Waals surface area contributed by atoms with Crippen LogP contribution >= 0.6 is 0 Å². The number of fused-ring (bicyclic) bond motifs is 2. The smallest absolute Gasteiger partial charge is 0.163 e. The van der Waals surface area contributed by atoms with Crippen LogP contribution in [0.1, 0.15) is 17.5 Å². The first-order valence-electron chi connectivity index (χ1n) is 9.45. The molecule has 0 saturated heterocycles. The number of benzene rings is 2. The van der Waals surface area contributed by atoms with Crippen LogP contribution in [0.15, 0.2) is 60.9 Å². The van der Waals surface area contributed by atoms with Gasteiger partial charge in [-0.15, -0.1) is 0 Å². The van der Waals surface area contributed by atoms with Crippen molar-refractivity contribution < 1.29 is 4.74 Å². The Hall–Kier alpha value is -3.47. The van der Waals surface area contributed by atoms with Gasteiger partial charge in [0.25, 0.3) is 0 Å². The van der Waals surface area contributed by atoms with Gasteiger partial charge < -0.3 is 10.1 Å². The number of pyridine rings is 1. The number of anilines is 2. The van der Waals surface area contributed by atoms with Crippen molar-refractivity contribution in [1.82, 2.24) is 15.0 Å². The third-order valence-electron chi connectivity index (χ3n) is 5.18. The fourth-order valence-electron chi connectivity index (χ4n) is 3.74. The van der Waals surface area contributed by atoms with E-state index in [1.54, 1.807) is 19.5 Å². The second kappa shape index (κ2) is 6.93. The van der Waals surface area contributed by atoms with Crippen LogP contribution in [0.3, 0.4) is 0 Å². The third kappa shape index (κ3) is 3.05. The number of hydrogen-bond acceptors (Lipinski definition) is 5. The van der Waals surface area contributed by atoms with Crippen LogP contribution in [0, 0.1) is 0 Å². The summed E-state index contributed by atoms with van der Waals surface area (Å²) in [4.78, 5) is 13.8. The molecule has 0 fully saturated rings. The van der Waals surface area contributed by atoms with Crippen LogP contribution in [-0.2, 0) is 12.8 Å². The molecule has 28 heavy (non-hydrogen) atoms. The fourth-order valence-corrected chi connectivity index (χ4v) is 3.74. The van der Waals surface area contributed by atoms with Crippen molar-refractivity contribution in [1.29, 1.82) is 0 Å². The third-order valence-corrected chi connectivity index (χ3v) is 5.18. The molecule has 1 aliphatic rings. The molecule has 5 heteroatoms. The Balaban J connectivity index is 1.64. The highest BCUT2D eigenvalue weighted by Crippen LogP contribution is 2.31. The van der Waals surface area contributed by atoms with Crippen LogP contribution in [-0.4, -0.2) is 22.1 Å². The maximum Gasteiger partial charge on any atom is 0.163 e. The van der Waals surface area contributed by atoms with Gasteiger partial charge in [0.2, 0.25) is 0 Å². The van der Waals surface area contributed by atoms with Gasteiger partial charge in [-0.25, -0.2) is 9.97 Å². The minimum absolute atomic E-state index is 0.648. The second-order valence-corrected chi connectivity index (χ2v) is 6.98. The van der Waals surface area contributed by atoms with Gasteiger partial charge in [-0.05, 0) is 72.9 Å².